The van der Waals surface area contributed by atoms with Crippen molar-refractivity contribution in [3.63, 3.8) is 0 Å². The maximum Gasteiger partial charge on any atom is 0.215 e. The van der Waals surface area contributed by atoms with Crippen molar-refractivity contribution < 1.29 is 13.2 Å². The van der Waals surface area contributed by atoms with Crippen molar-refractivity contribution in [2.24, 2.45) is 5.92 Å². The second-order valence-corrected chi connectivity index (χ2v) is 5.94. The summed E-state index contributed by atoms with van der Waals surface area (Å²) in [7, 11) is -1.48. The summed E-state index contributed by atoms with van der Waals surface area (Å²) in [5.41, 5.74) is 0. The van der Waals surface area contributed by atoms with Crippen molar-refractivity contribution in [3.8, 4) is 0 Å². The molecule has 4 nitrogen and oxygen atoms in total. The van der Waals surface area contributed by atoms with Gasteiger partial charge in [-0.25, -0.2) is 12.7 Å². The van der Waals surface area contributed by atoms with Gasteiger partial charge >= 0.3 is 0 Å². The lowest BCUT2D eigenvalue weighted by molar-refractivity contribution is 0.157. The van der Waals surface area contributed by atoms with Crippen LogP contribution in [-0.2, 0) is 14.8 Å². The van der Waals surface area contributed by atoms with Crippen LogP contribution < -0.4 is 0 Å². The minimum absolute atomic E-state index is 0.0360. The van der Waals surface area contributed by atoms with E-state index < -0.39 is 10.0 Å². The maximum absolute atomic E-state index is 11.6. The third kappa shape index (κ3) is 3.08. The molecule has 0 aliphatic carbocycles. The molecule has 1 unspecified atom stereocenters. The van der Waals surface area contributed by atoms with Gasteiger partial charge in [-0.05, 0) is 12.3 Å². The third-order valence-corrected chi connectivity index (χ3v) is 4.63. The fourth-order valence-electron chi connectivity index (χ4n) is 1.65. The number of sulfonamides is 1. The summed E-state index contributed by atoms with van der Waals surface area (Å²) in [5, 5.41) is 0. The number of ether oxygens (including phenoxy) is 1. The summed E-state index contributed by atoms with van der Waals surface area (Å²) in [4.78, 5) is 0. The molecule has 0 aromatic heterocycles. The first kappa shape index (κ1) is 12.2. The molecular formula is C8H16ClNO3S. The van der Waals surface area contributed by atoms with Crippen LogP contribution in [0.2, 0.25) is 0 Å². The van der Waals surface area contributed by atoms with Gasteiger partial charge in [0.15, 0.2) is 0 Å². The quantitative estimate of drug-likeness (QED) is 0.660. The molecule has 1 aliphatic heterocycles. The van der Waals surface area contributed by atoms with Gasteiger partial charge in [0.1, 0.15) is 0 Å². The van der Waals surface area contributed by atoms with E-state index in [9.17, 15) is 8.42 Å². The molecule has 1 aliphatic rings. The first-order valence-corrected chi connectivity index (χ1v) is 6.77. The Morgan fingerprint density at radius 2 is 2.29 bits per heavy atom. The van der Waals surface area contributed by atoms with Gasteiger partial charge in [-0.2, -0.15) is 0 Å². The van der Waals surface area contributed by atoms with Gasteiger partial charge in [0.05, 0.1) is 12.4 Å². The molecule has 1 fully saturated rings. The van der Waals surface area contributed by atoms with Crippen LogP contribution in [0.25, 0.3) is 0 Å². The molecule has 1 rings (SSSR count). The minimum Gasteiger partial charge on any atom is -0.384 e. The first-order valence-electron chi connectivity index (χ1n) is 4.63. The molecule has 1 atom stereocenters. The van der Waals surface area contributed by atoms with E-state index in [1.165, 1.54) is 4.31 Å². The molecule has 0 bridgehead atoms. The molecule has 0 saturated carbocycles. The SMILES string of the molecule is COCC1CCN(S(=O)(=O)CCCl)C1. The van der Waals surface area contributed by atoms with Crippen molar-refractivity contribution in [1.82, 2.24) is 4.31 Å². The summed E-state index contributed by atoms with van der Waals surface area (Å²) < 4.78 is 29.7. The maximum atomic E-state index is 11.6. The minimum atomic E-state index is -3.12. The van der Waals surface area contributed by atoms with Crippen LogP contribution in [0.1, 0.15) is 6.42 Å². The Labute approximate surface area is 90.2 Å². The Hall–Kier alpha value is 0.160. The lowest BCUT2D eigenvalue weighted by Gasteiger charge is -2.15. The third-order valence-electron chi connectivity index (χ3n) is 2.38. The van der Waals surface area contributed by atoms with Gasteiger partial charge in [-0.1, -0.05) is 0 Å². The van der Waals surface area contributed by atoms with Gasteiger partial charge in [0.2, 0.25) is 10.0 Å². The molecular weight excluding hydrogens is 226 g/mol. The Bertz CT molecular complexity index is 268. The number of rotatable bonds is 5. The predicted octanol–water partition coefficient (Wildman–Crippen LogP) is 0.523. The van der Waals surface area contributed by atoms with Gasteiger partial charge in [-0.3, -0.25) is 0 Å². The Morgan fingerprint density at radius 3 is 2.86 bits per heavy atom. The van der Waals surface area contributed by atoms with Crippen molar-refractivity contribution in [3.05, 3.63) is 0 Å². The summed E-state index contributed by atoms with van der Waals surface area (Å²) in [6, 6.07) is 0. The summed E-state index contributed by atoms with van der Waals surface area (Å²) in [5.74, 6) is 0.535. The van der Waals surface area contributed by atoms with E-state index in [-0.39, 0.29) is 11.6 Å². The van der Waals surface area contributed by atoms with E-state index in [1.807, 2.05) is 0 Å². The molecule has 0 spiro atoms. The van der Waals surface area contributed by atoms with Gasteiger partial charge < -0.3 is 4.74 Å². The fourth-order valence-corrected chi connectivity index (χ4v) is 3.51. The van der Waals surface area contributed by atoms with E-state index in [1.54, 1.807) is 7.11 Å². The summed E-state index contributed by atoms with van der Waals surface area (Å²) >= 11 is 5.43. The zero-order valence-electron chi connectivity index (χ0n) is 8.28. The number of hydrogen-bond donors (Lipinski definition) is 0. The Balaban J connectivity index is 2.49. The molecule has 0 aromatic carbocycles. The van der Waals surface area contributed by atoms with Crippen LogP contribution in [-0.4, -0.2) is 51.2 Å². The van der Waals surface area contributed by atoms with Crippen LogP contribution >= 0.6 is 11.6 Å². The number of alkyl halides is 1. The highest BCUT2D eigenvalue weighted by Gasteiger charge is 2.30. The molecule has 1 heterocycles. The number of methoxy groups -OCH3 is 1. The normalized spacial score (nSPS) is 24.3. The van der Waals surface area contributed by atoms with Crippen LogP contribution in [0.5, 0.6) is 0 Å². The van der Waals surface area contributed by atoms with E-state index in [0.717, 1.165) is 6.42 Å². The van der Waals surface area contributed by atoms with Crippen LogP contribution in [0.4, 0.5) is 0 Å². The predicted molar refractivity (Wildman–Crippen MR) is 56.1 cm³/mol. The van der Waals surface area contributed by atoms with Crippen LogP contribution in [0, 0.1) is 5.92 Å². The van der Waals surface area contributed by atoms with E-state index in [4.69, 9.17) is 16.3 Å². The highest BCUT2D eigenvalue weighted by Crippen LogP contribution is 2.19. The summed E-state index contributed by atoms with van der Waals surface area (Å²) in [6.45, 7) is 1.81. The van der Waals surface area contributed by atoms with Crippen molar-refractivity contribution >= 4 is 21.6 Å². The van der Waals surface area contributed by atoms with Gasteiger partial charge in [0, 0.05) is 26.1 Å². The number of nitrogens with zero attached hydrogens (tertiary/aromatic N) is 1. The van der Waals surface area contributed by atoms with Crippen LogP contribution in [0.3, 0.4) is 0 Å². The van der Waals surface area contributed by atoms with Crippen molar-refractivity contribution in [2.75, 3.05) is 38.4 Å². The fraction of sp³-hybridized carbons (Fsp3) is 1.00. The highest BCUT2D eigenvalue weighted by molar-refractivity contribution is 7.89. The molecule has 14 heavy (non-hydrogen) atoms. The smallest absolute Gasteiger partial charge is 0.215 e. The first-order chi connectivity index (χ1) is 6.60. The molecule has 6 heteroatoms. The lowest BCUT2D eigenvalue weighted by atomic mass is 10.1. The zero-order chi connectivity index (χ0) is 10.6. The average molecular weight is 242 g/mol. The molecule has 1 saturated heterocycles. The molecule has 0 radical (unpaired) electrons. The largest absolute Gasteiger partial charge is 0.384 e. The lowest BCUT2D eigenvalue weighted by Crippen LogP contribution is -2.32. The molecule has 0 aromatic rings. The molecule has 0 amide bonds. The standard InChI is InChI=1S/C8H16ClNO3S/c1-13-7-8-2-4-10(6-8)14(11,12)5-3-9/h8H,2-7H2,1H3. The van der Waals surface area contributed by atoms with Gasteiger partial charge in [0.25, 0.3) is 0 Å². The number of halogens is 1. The van der Waals surface area contributed by atoms with Gasteiger partial charge in [-0.15, -0.1) is 11.6 Å². The monoisotopic (exact) mass is 241 g/mol. The second-order valence-electron chi connectivity index (χ2n) is 3.47. The van der Waals surface area contributed by atoms with E-state index >= 15 is 0 Å². The van der Waals surface area contributed by atoms with E-state index in [0.29, 0.717) is 25.6 Å². The van der Waals surface area contributed by atoms with Crippen molar-refractivity contribution in [2.45, 2.75) is 6.42 Å². The highest BCUT2D eigenvalue weighted by atomic mass is 35.5. The Morgan fingerprint density at radius 1 is 1.57 bits per heavy atom. The van der Waals surface area contributed by atoms with Crippen LogP contribution in [0.15, 0.2) is 0 Å². The summed E-state index contributed by atoms with van der Waals surface area (Å²) in [6.07, 6.45) is 0.884. The molecule has 0 N–H and O–H groups in total. The van der Waals surface area contributed by atoms with E-state index in [2.05, 4.69) is 0 Å². The second kappa shape index (κ2) is 5.30. The zero-order valence-corrected chi connectivity index (χ0v) is 9.85. The molecule has 84 valence electrons. The average Bonchev–Trinajstić information content (AvgIpc) is 2.54. The number of hydrogen-bond acceptors (Lipinski definition) is 3. The Kier molecular flexibility index (Phi) is 4.63. The topological polar surface area (TPSA) is 46.6 Å². The van der Waals surface area contributed by atoms with Crippen molar-refractivity contribution in [1.29, 1.82) is 0 Å².